The zero-order valence-corrected chi connectivity index (χ0v) is 15.6. The Kier molecular flexibility index (Phi) is 4.15. The van der Waals surface area contributed by atoms with E-state index in [0.29, 0.717) is 25.2 Å². The lowest BCUT2D eigenvalue weighted by atomic mass is 10.1. The van der Waals surface area contributed by atoms with Gasteiger partial charge in [0.1, 0.15) is 17.2 Å². The van der Waals surface area contributed by atoms with Crippen molar-refractivity contribution in [1.29, 1.82) is 0 Å². The van der Waals surface area contributed by atoms with E-state index in [1.54, 1.807) is 28.7 Å². The number of aromatic nitrogens is 3. The van der Waals surface area contributed by atoms with Gasteiger partial charge in [-0.3, -0.25) is 14.0 Å². The predicted molar refractivity (Wildman–Crippen MR) is 98.8 cm³/mol. The molecule has 27 heavy (non-hydrogen) atoms. The smallest absolute Gasteiger partial charge is 0.294 e. The normalized spacial score (nSPS) is 17.6. The van der Waals surface area contributed by atoms with Crippen molar-refractivity contribution in [1.82, 2.24) is 18.9 Å². The van der Waals surface area contributed by atoms with Crippen molar-refractivity contribution in [2.24, 2.45) is 7.05 Å². The highest BCUT2D eigenvalue weighted by molar-refractivity contribution is 5.93. The summed E-state index contributed by atoms with van der Waals surface area (Å²) in [6, 6.07) is 1.88. The SMILES string of the molecule is Cc1cc(-c2cn3cc(C(=O)N4CCC[C@@H](O)C4)nc3c(=O)n2C)c(C)o1. The number of aliphatic hydroxyl groups is 1. The minimum Gasteiger partial charge on any atom is -0.466 e. The molecule has 1 saturated heterocycles. The Morgan fingerprint density at radius 1 is 1.33 bits per heavy atom. The van der Waals surface area contributed by atoms with Gasteiger partial charge in [0.2, 0.25) is 5.65 Å². The van der Waals surface area contributed by atoms with E-state index in [9.17, 15) is 14.7 Å². The van der Waals surface area contributed by atoms with Crippen LogP contribution in [0.15, 0.2) is 27.7 Å². The van der Waals surface area contributed by atoms with E-state index in [1.165, 1.54) is 4.57 Å². The Hall–Kier alpha value is -2.87. The first-order valence-corrected chi connectivity index (χ1v) is 8.98. The van der Waals surface area contributed by atoms with E-state index in [4.69, 9.17) is 4.42 Å². The molecule has 0 aromatic carbocycles. The molecule has 3 aromatic rings. The fraction of sp³-hybridized carbons (Fsp3) is 0.421. The molecule has 8 nitrogen and oxygen atoms in total. The predicted octanol–water partition coefficient (Wildman–Crippen LogP) is 1.51. The number of aryl methyl sites for hydroxylation is 2. The van der Waals surface area contributed by atoms with Gasteiger partial charge in [-0.15, -0.1) is 0 Å². The minimum absolute atomic E-state index is 0.194. The first-order chi connectivity index (χ1) is 12.8. The fourth-order valence-corrected chi connectivity index (χ4v) is 3.67. The van der Waals surface area contributed by atoms with Crippen molar-refractivity contribution in [3.05, 3.63) is 46.0 Å². The van der Waals surface area contributed by atoms with Crippen molar-refractivity contribution in [3.8, 4) is 11.3 Å². The average Bonchev–Trinajstić information content (AvgIpc) is 3.20. The van der Waals surface area contributed by atoms with E-state index in [2.05, 4.69) is 4.98 Å². The highest BCUT2D eigenvalue weighted by atomic mass is 16.3. The van der Waals surface area contributed by atoms with Gasteiger partial charge in [-0.1, -0.05) is 0 Å². The number of β-amino-alcohol motifs (C(OH)–C–C–N with tert-alkyl or cyclic N) is 1. The first kappa shape index (κ1) is 17.5. The van der Waals surface area contributed by atoms with Crippen LogP contribution >= 0.6 is 0 Å². The van der Waals surface area contributed by atoms with Crippen LogP contribution < -0.4 is 5.56 Å². The van der Waals surface area contributed by atoms with Crippen LogP contribution in [0, 0.1) is 13.8 Å². The Morgan fingerprint density at radius 2 is 2.11 bits per heavy atom. The molecule has 0 saturated carbocycles. The zero-order chi connectivity index (χ0) is 19.3. The second-order valence-electron chi connectivity index (χ2n) is 7.11. The Balaban J connectivity index is 1.79. The molecule has 1 aliphatic rings. The number of hydrogen-bond donors (Lipinski definition) is 1. The summed E-state index contributed by atoms with van der Waals surface area (Å²) < 4.78 is 8.69. The zero-order valence-electron chi connectivity index (χ0n) is 15.6. The lowest BCUT2D eigenvalue weighted by molar-refractivity contribution is 0.0469. The molecule has 4 heterocycles. The number of imidazole rings is 1. The molecule has 1 fully saturated rings. The number of aliphatic hydroxyl groups excluding tert-OH is 1. The van der Waals surface area contributed by atoms with Crippen molar-refractivity contribution in [2.45, 2.75) is 32.8 Å². The third-order valence-electron chi connectivity index (χ3n) is 5.07. The van der Waals surface area contributed by atoms with E-state index in [-0.39, 0.29) is 22.8 Å². The minimum atomic E-state index is -0.508. The van der Waals surface area contributed by atoms with Gasteiger partial charge in [-0.05, 0) is 32.8 Å². The van der Waals surface area contributed by atoms with Crippen LogP contribution in [0.2, 0.25) is 0 Å². The van der Waals surface area contributed by atoms with Crippen molar-refractivity contribution >= 4 is 11.6 Å². The molecular weight excluding hydrogens is 348 g/mol. The maximum atomic E-state index is 12.8. The number of carbonyl (C=O) groups excluding carboxylic acids is 1. The molecule has 0 spiro atoms. The fourth-order valence-electron chi connectivity index (χ4n) is 3.67. The molecule has 0 radical (unpaired) electrons. The van der Waals surface area contributed by atoms with Gasteiger partial charge < -0.3 is 19.0 Å². The van der Waals surface area contributed by atoms with E-state index >= 15 is 0 Å². The number of fused-ring (bicyclic) bond motifs is 1. The number of piperidine rings is 1. The summed E-state index contributed by atoms with van der Waals surface area (Å²) in [4.78, 5) is 31.4. The van der Waals surface area contributed by atoms with Crippen LogP contribution in [0.25, 0.3) is 16.9 Å². The van der Waals surface area contributed by atoms with Gasteiger partial charge in [0.15, 0.2) is 0 Å². The van der Waals surface area contributed by atoms with Gasteiger partial charge >= 0.3 is 0 Å². The van der Waals surface area contributed by atoms with Crippen LogP contribution in [0.4, 0.5) is 0 Å². The highest BCUT2D eigenvalue weighted by Crippen LogP contribution is 2.25. The second kappa shape index (κ2) is 6.38. The first-order valence-electron chi connectivity index (χ1n) is 8.98. The number of rotatable bonds is 2. The van der Waals surface area contributed by atoms with Crippen LogP contribution in [-0.2, 0) is 7.05 Å². The quantitative estimate of drug-likeness (QED) is 0.738. The van der Waals surface area contributed by atoms with Crippen LogP contribution in [0.5, 0.6) is 0 Å². The average molecular weight is 370 g/mol. The number of furan rings is 1. The molecular formula is C19H22N4O4. The van der Waals surface area contributed by atoms with Crippen molar-refractivity contribution in [2.75, 3.05) is 13.1 Å². The van der Waals surface area contributed by atoms with E-state index < -0.39 is 6.10 Å². The summed E-state index contributed by atoms with van der Waals surface area (Å²) in [5, 5.41) is 9.80. The third-order valence-corrected chi connectivity index (χ3v) is 5.07. The van der Waals surface area contributed by atoms with Crippen molar-refractivity contribution < 1.29 is 14.3 Å². The largest absolute Gasteiger partial charge is 0.466 e. The number of hydrogen-bond acceptors (Lipinski definition) is 5. The topological polar surface area (TPSA) is 93.0 Å². The van der Waals surface area contributed by atoms with Gasteiger partial charge in [0, 0.05) is 38.1 Å². The monoisotopic (exact) mass is 370 g/mol. The molecule has 1 amide bonds. The lowest BCUT2D eigenvalue weighted by Gasteiger charge is -2.29. The van der Waals surface area contributed by atoms with Crippen LogP contribution in [0.3, 0.4) is 0 Å². The summed E-state index contributed by atoms with van der Waals surface area (Å²) in [6.45, 7) is 4.58. The maximum Gasteiger partial charge on any atom is 0.294 e. The number of carbonyl (C=O) groups is 1. The lowest BCUT2D eigenvalue weighted by Crippen LogP contribution is -2.42. The van der Waals surface area contributed by atoms with E-state index in [0.717, 1.165) is 23.5 Å². The number of likely N-dealkylation sites (tertiary alicyclic amines) is 1. The molecule has 0 unspecified atom stereocenters. The maximum absolute atomic E-state index is 12.8. The summed E-state index contributed by atoms with van der Waals surface area (Å²) in [5.41, 5.74) is 1.63. The van der Waals surface area contributed by atoms with Gasteiger partial charge in [-0.2, -0.15) is 0 Å². The summed E-state index contributed by atoms with van der Waals surface area (Å²) in [7, 11) is 1.68. The Labute approximate surface area is 155 Å². The van der Waals surface area contributed by atoms with Gasteiger partial charge in [-0.25, -0.2) is 4.98 Å². The molecule has 1 aliphatic heterocycles. The highest BCUT2D eigenvalue weighted by Gasteiger charge is 2.25. The number of nitrogens with zero attached hydrogens (tertiary/aromatic N) is 4. The Bertz CT molecular complexity index is 1090. The van der Waals surface area contributed by atoms with Gasteiger partial charge in [0.05, 0.1) is 11.8 Å². The summed E-state index contributed by atoms with van der Waals surface area (Å²) >= 11 is 0. The standard InChI is InChI=1S/C19H22N4O4/c1-11-7-14(12(2)27-11)16-10-23-9-15(20-17(23)19(26)21(16)3)18(25)22-6-4-5-13(24)8-22/h7,9-10,13,24H,4-6,8H2,1-3H3/t13-/m1/s1. The van der Waals surface area contributed by atoms with Crippen LogP contribution in [-0.4, -0.2) is 49.1 Å². The molecule has 142 valence electrons. The third kappa shape index (κ3) is 2.95. The van der Waals surface area contributed by atoms with Gasteiger partial charge in [0.25, 0.3) is 11.5 Å². The number of amides is 1. The summed E-state index contributed by atoms with van der Waals surface area (Å²) in [6.07, 6.45) is 4.30. The molecule has 8 heteroatoms. The van der Waals surface area contributed by atoms with Crippen LogP contribution in [0.1, 0.15) is 34.9 Å². The second-order valence-corrected chi connectivity index (χ2v) is 7.11. The summed E-state index contributed by atoms with van der Waals surface area (Å²) in [5.74, 6) is 1.22. The molecule has 4 rings (SSSR count). The Morgan fingerprint density at radius 3 is 2.78 bits per heavy atom. The molecule has 0 bridgehead atoms. The molecule has 1 atom stereocenters. The molecule has 0 aliphatic carbocycles. The van der Waals surface area contributed by atoms with Crippen molar-refractivity contribution in [3.63, 3.8) is 0 Å². The molecule has 1 N–H and O–H groups in total. The molecule has 3 aromatic heterocycles. The van der Waals surface area contributed by atoms with E-state index in [1.807, 2.05) is 19.9 Å².